The number of methoxy groups -OCH3 is 2. The van der Waals surface area contributed by atoms with E-state index in [1.165, 1.54) is 66.0 Å². The van der Waals surface area contributed by atoms with Crippen molar-refractivity contribution in [1.29, 1.82) is 0 Å². The van der Waals surface area contributed by atoms with Crippen LogP contribution in [0.5, 0.6) is 11.5 Å². The number of fused-ring (bicyclic) bond motifs is 1. The molecule has 1 fully saturated rings. The minimum absolute atomic E-state index is 0. The highest BCUT2D eigenvalue weighted by atomic mass is 35.5. The van der Waals surface area contributed by atoms with Gasteiger partial charge in [0.15, 0.2) is 5.82 Å². The first-order valence-electron chi connectivity index (χ1n) is 17.5. The molecular formula is C38H49ClFN7O8. The van der Waals surface area contributed by atoms with Crippen molar-refractivity contribution in [2.75, 3.05) is 55.6 Å². The largest absolute Gasteiger partial charge is 0.497 e. The summed E-state index contributed by atoms with van der Waals surface area (Å²) in [6.45, 7) is 8.61. The molecule has 3 atom stereocenters. The van der Waals surface area contributed by atoms with Gasteiger partial charge in [0.2, 0.25) is 5.91 Å². The fourth-order valence-corrected chi connectivity index (χ4v) is 6.33. The van der Waals surface area contributed by atoms with Gasteiger partial charge in [-0.05, 0) is 89.2 Å². The van der Waals surface area contributed by atoms with Crippen molar-refractivity contribution in [3.63, 3.8) is 0 Å². The van der Waals surface area contributed by atoms with E-state index in [1.807, 2.05) is 0 Å². The van der Waals surface area contributed by atoms with Crippen molar-refractivity contribution in [2.24, 2.45) is 0 Å². The van der Waals surface area contributed by atoms with E-state index in [0.717, 1.165) is 0 Å². The van der Waals surface area contributed by atoms with Gasteiger partial charge in [-0.15, -0.1) is 0 Å². The highest BCUT2D eigenvalue weighted by molar-refractivity contribution is 6.31. The third-order valence-electron chi connectivity index (χ3n) is 8.83. The maximum Gasteiger partial charge on any atom is 0.408 e. The Balaban J connectivity index is 0.00000435. The van der Waals surface area contributed by atoms with E-state index in [2.05, 4.69) is 10.6 Å². The van der Waals surface area contributed by atoms with Crippen LogP contribution in [0.4, 0.5) is 25.4 Å². The normalized spacial score (nSPS) is 14.8. The van der Waals surface area contributed by atoms with Gasteiger partial charge < -0.3 is 39.9 Å². The predicted octanol–water partition coefficient (Wildman–Crippen LogP) is 5.55. The van der Waals surface area contributed by atoms with E-state index < -0.39 is 53.2 Å². The number of hydrogen-bond acceptors (Lipinski definition) is 10. The Labute approximate surface area is 325 Å². The van der Waals surface area contributed by atoms with Crippen LogP contribution >= 0.6 is 11.6 Å². The maximum atomic E-state index is 14.5. The van der Waals surface area contributed by atoms with E-state index in [1.54, 1.807) is 63.0 Å². The molecule has 1 aliphatic rings. The average molecular weight is 786 g/mol. The molecule has 0 saturated carbocycles. The van der Waals surface area contributed by atoms with Crippen LogP contribution in [0.2, 0.25) is 5.02 Å². The molecule has 55 heavy (non-hydrogen) atoms. The number of aromatic nitrogens is 2. The number of halogens is 2. The first-order chi connectivity index (χ1) is 26.0. The number of alkyl carbamates (subject to hydrolysis) is 1. The summed E-state index contributed by atoms with van der Waals surface area (Å²) >= 11 is 6.33. The molecule has 0 aliphatic carbocycles. The van der Waals surface area contributed by atoms with Gasteiger partial charge in [0.25, 0.3) is 5.56 Å². The van der Waals surface area contributed by atoms with Crippen molar-refractivity contribution in [2.45, 2.75) is 58.4 Å². The maximum absolute atomic E-state index is 14.5. The fourth-order valence-electron chi connectivity index (χ4n) is 6.16. The van der Waals surface area contributed by atoms with Gasteiger partial charge in [0.1, 0.15) is 29.0 Å². The number of carbonyl (C=O) groups excluding carboxylic acids is 3. The Morgan fingerprint density at radius 2 is 1.65 bits per heavy atom. The van der Waals surface area contributed by atoms with Gasteiger partial charge in [0, 0.05) is 32.7 Å². The van der Waals surface area contributed by atoms with Gasteiger partial charge >= 0.3 is 12.1 Å². The lowest BCUT2D eigenvalue weighted by atomic mass is 10.1. The Kier molecular flexibility index (Phi) is 12.4. The number of ether oxygens (including phenoxy) is 3. The third-order valence-corrected chi connectivity index (χ3v) is 9.06. The summed E-state index contributed by atoms with van der Waals surface area (Å²) in [5.41, 5.74) is -0.340. The number of aliphatic hydroxyl groups excluding tert-OH is 1. The van der Waals surface area contributed by atoms with Gasteiger partial charge in [-0.1, -0.05) is 11.6 Å². The molecule has 298 valence electrons. The number of rotatable bonds is 10. The van der Waals surface area contributed by atoms with E-state index in [-0.39, 0.29) is 46.0 Å². The number of benzene rings is 3. The highest BCUT2D eigenvalue weighted by Crippen LogP contribution is 2.37. The molecule has 17 heteroatoms. The summed E-state index contributed by atoms with van der Waals surface area (Å²) in [5, 5.41) is 18.0. The van der Waals surface area contributed by atoms with Gasteiger partial charge in [-0.2, -0.15) is 0 Å². The highest BCUT2D eigenvalue weighted by Gasteiger charge is 2.36. The van der Waals surface area contributed by atoms with Gasteiger partial charge in [0.05, 0.1) is 56.0 Å². The monoisotopic (exact) mass is 785 g/mol. The van der Waals surface area contributed by atoms with Crippen LogP contribution in [0.25, 0.3) is 10.9 Å². The SMILES string of the molecule is COc1ccc(N(C(=O)Nc2ccc(F)cc2)C(C)c2nc3ccc(Cl)cc3c(=O)n2N2CCN(C(=O)[C@@H](NC(=O)OC(C)(C)C)[C@H](C)O)CC2)c(OC)c1.[HH].[HH]. The number of urea groups is 1. The van der Waals surface area contributed by atoms with Crippen LogP contribution in [-0.4, -0.2) is 95.8 Å². The van der Waals surface area contributed by atoms with E-state index in [0.29, 0.717) is 27.7 Å². The van der Waals surface area contributed by atoms with Crippen LogP contribution < -0.4 is 35.6 Å². The number of piperazine rings is 1. The molecule has 0 radical (unpaired) electrons. The van der Waals surface area contributed by atoms with Crippen LogP contribution in [0.3, 0.4) is 0 Å². The van der Waals surface area contributed by atoms with Gasteiger partial charge in [-0.25, -0.2) is 23.6 Å². The Morgan fingerprint density at radius 3 is 2.25 bits per heavy atom. The zero-order valence-corrected chi connectivity index (χ0v) is 32.4. The molecule has 3 N–H and O–H groups in total. The first kappa shape index (κ1) is 40.6. The van der Waals surface area contributed by atoms with E-state index >= 15 is 0 Å². The summed E-state index contributed by atoms with van der Waals surface area (Å²) in [5.74, 6) is -0.0923. The standard InChI is InChI=1S/C38H45ClFN7O8.2H2/c1-22(46(30-15-13-27(53-6)21-31(30)54-7)36(51)41-26-11-9-25(40)10-12-26)33-42-29-14-8-24(39)20-28(29)34(49)47(33)45-18-16-44(17-19-45)35(50)32(23(2)48)43-37(52)55-38(3,4)5;;/h8-15,20-23,32,48H,16-19H2,1-7H3,(H,41,51)(H,43,52);2*1H/t22?,23-,32-;;/m0../s1. The lowest BCUT2D eigenvalue weighted by Crippen LogP contribution is -2.61. The van der Waals surface area contributed by atoms with Crippen molar-refractivity contribution < 1.29 is 40.9 Å². The van der Waals surface area contributed by atoms with Gasteiger partial charge in [-0.3, -0.25) is 14.5 Å². The lowest BCUT2D eigenvalue weighted by molar-refractivity contribution is -0.136. The molecular weight excluding hydrogens is 737 g/mol. The van der Waals surface area contributed by atoms with Crippen molar-refractivity contribution in [1.82, 2.24) is 19.9 Å². The predicted molar refractivity (Wildman–Crippen MR) is 210 cm³/mol. The topological polar surface area (TPSA) is 168 Å². The second-order valence-corrected chi connectivity index (χ2v) is 14.3. The van der Waals surface area contributed by atoms with Crippen molar-refractivity contribution in [3.05, 3.63) is 87.7 Å². The summed E-state index contributed by atoms with van der Waals surface area (Å²) in [6, 6.07) is 12.0. The second kappa shape index (κ2) is 16.8. The number of anilines is 2. The molecule has 3 aromatic carbocycles. The molecule has 1 saturated heterocycles. The van der Waals surface area contributed by atoms with Crippen LogP contribution in [0, 0.1) is 5.82 Å². The molecule has 0 bridgehead atoms. The average Bonchev–Trinajstić information content (AvgIpc) is 3.14. The Bertz CT molecular complexity index is 2110. The summed E-state index contributed by atoms with van der Waals surface area (Å²) in [6.07, 6.45) is -2.08. The Morgan fingerprint density at radius 1 is 0.982 bits per heavy atom. The third kappa shape index (κ3) is 9.38. The number of nitrogens with zero attached hydrogens (tertiary/aromatic N) is 5. The molecule has 1 unspecified atom stereocenters. The van der Waals surface area contributed by atoms with Crippen molar-refractivity contribution in [3.8, 4) is 11.5 Å². The fraction of sp³-hybridized carbons (Fsp3) is 0.395. The Hall–Kier alpha value is -5.61. The second-order valence-electron chi connectivity index (χ2n) is 13.9. The quantitative estimate of drug-likeness (QED) is 0.185. The number of carbonyl (C=O) groups is 3. The number of hydrogen-bond donors (Lipinski definition) is 3. The van der Waals surface area contributed by atoms with E-state index in [9.17, 15) is 28.7 Å². The molecule has 0 spiro atoms. The lowest BCUT2D eigenvalue weighted by Gasteiger charge is -2.40. The summed E-state index contributed by atoms with van der Waals surface area (Å²) in [7, 11) is 2.94. The minimum Gasteiger partial charge on any atom is -0.497 e. The molecule has 2 heterocycles. The molecule has 4 amide bonds. The van der Waals surface area contributed by atoms with Crippen LogP contribution in [-0.2, 0) is 9.53 Å². The summed E-state index contributed by atoms with van der Waals surface area (Å²) in [4.78, 5) is 62.7. The molecule has 15 nitrogen and oxygen atoms in total. The number of nitrogens with one attached hydrogen (secondary N) is 2. The zero-order valence-electron chi connectivity index (χ0n) is 31.6. The molecule has 4 aromatic rings. The van der Waals surface area contributed by atoms with Crippen LogP contribution in [0.1, 0.15) is 49.3 Å². The number of aliphatic hydroxyl groups is 1. The first-order valence-corrected chi connectivity index (χ1v) is 17.9. The summed E-state index contributed by atoms with van der Waals surface area (Å²) < 4.78 is 31.5. The minimum atomic E-state index is -1.28. The molecule has 1 aliphatic heterocycles. The zero-order chi connectivity index (χ0) is 40.2. The molecule has 1 aromatic heterocycles. The van der Waals surface area contributed by atoms with Crippen molar-refractivity contribution >= 4 is 51.9 Å². The van der Waals surface area contributed by atoms with E-state index in [4.69, 9.17) is 30.8 Å². The molecule has 5 rings (SSSR count). The number of amides is 4. The smallest absolute Gasteiger partial charge is 0.408 e. The van der Waals surface area contributed by atoms with Crippen LogP contribution in [0.15, 0.2) is 65.5 Å².